The van der Waals surface area contributed by atoms with Gasteiger partial charge in [-0.15, -0.1) is 11.3 Å². The van der Waals surface area contributed by atoms with Gasteiger partial charge in [0.1, 0.15) is 6.33 Å². The van der Waals surface area contributed by atoms with E-state index in [1.807, 2.05) is 48.4 Å². The van der Waals surface area contributed by atoms with E-state index in [0.717, 1.165) is 34.4 Å². The van der Waals surface area contributed by atoms with E-state index in [9.17, 15) is 9.59 Å². The highest BCUT2D eigenvalue weighted by Crippen LogP contribution is 2.37. The summed E-state index contributed by atoms with van der Waals surface area (Å²) in [5.74, 6) is 0.0191. The first-order chi connectivity index (χ1) is 15.5. The summed E-state index contributed by atoms with van der Waals surface area (Å²) in [5, 5.41) is 4.95. The van der Waals surface area contributed by atoms with Crippen molar-refractivity contribution < 1.29 is 9.59 Å². The molecule has 3 aromatic rings. The fourth-order valence-corrected chi connectivity index (χ4v) is 5.24. The minimum absolute atomic E-state index is 0.00691. The average molecular weight is 449 g/mol. The van der Waals surface area contributed by atoms with Crippen LogP contribution in [0, 0.1) is 12.3 Å². The van der Waals surface area contributed by atoms with E-state index in [1.165, 1.54) is 6.33 Å². The highest BCUT2D eigenvalue weighted by molar-refractivity contribution is 7.10. The van der Waals surface area contributed by atoms with Crippen molar-refractivity contribution in [2.75, 3.05) is 19.6 Å². The molecule has 0 aliphatic carbocycles. The number of thiophene rings is 1. The molecule has 2 aromatic heterocycles. The minimum atomic E-state index is -0.680. The second kappa shape index (κ2) is 9.61. The number of aryl methyl sites for hydroxylation is 1. The standard InChI is InChI=1S/C25H28N4O2S/c1-3-28-24(31)25(9-6-10-29(16-25)23(30)20-11-18(2)32-15-20)12-19-7-4-5-8-22(19)21-13-26-17-27-14-21/h4-5,7-8,11,13-15,17H,3,6,9-10,12,16H2,1-2H3,(H,28,31)/t25-/m0/s1. The van der Waals surface area contributed by atoms with Crippen molar-refractivity contribution in [2.45, 2.75) is 33.1 Å². The van der Waals surface area contributed by atoms with E-state index in [0.29, 0.717) is 31.6 Å². The summed E-state index contributed by atoms with van der Waals surface area (Å²) in [5.41, 5.74) is 3.04. The number of hydrogen-bond acceptors (Lipinski definition) is 5. The van der Waals surface area contributed by atoms with Gasteiger partial charge in [0.05, 0.1) is 11.0 Å². The molecule has 1 aromatic carbocycles. The summed E-state index contributed by atoms with van der Waals surface area (Å²) in [4.78, 5) is 37.9. The summed E-state index contributed by atoms with van der Waals surface area (Å²) in [6.45, 7) is 5.57. The van der Waals surface area contributed by atoms with Gasteiger partial charge in [-0.1, -0.05) is 24.3 Å². The van der Waals surface area contributed by atoms with Crippen LogP contribution in [0.1, 0.15) is 40.6 Å². The second-order valence-electron chi connectivity index (χ2n) is 8.38. The van der Waals surface area contributed by atoms with Crippen molar-refractivity contribution in [3.05, 3.63) is 70.4 Å². The predicted octanol–water partition coefficient (Wildman–Crippen LogP) is 4.11. The minimum Gasteiger partial charge on any atom is -0.356 e. The quantitative estimate of drug-likeness (QED) is 0.616. The van der Waals surface area contributed by atoms with Crippen molar-refractivity contribution in [3.63, 3.8) is 0 Å². The molecule has 166 valence electrons. The number of aromatic nitrogens is 2. The van der Waals surface area contributed by atoms with Gasteiger partial charge in [0, 0.05) is 47.8 Å². The van der Waals surface area contributed by atoms with Gasteiger partial charge in [0.15, 0.2) is 0 Å². The van der Waals surface area contributed by atoms with Crippen LogP contribution in [0.2, 0.25) is 0 Å². The fourth-order valence-electron chi connectivity index (χ4n) is 4.56. The molecular weight excluding hydrogens is 420 g/mol. The highest BCUT2D eigenvalue weighted by Gasteiger charge is 2.43. The van der Waals surface area contributed by atoms with Gasteiger partial charge in [-0.2, -0.15) is 0 Å². The number of carbonyl (C=O) groups excluding carboxylic acids is 2. The van der Waals surface area contributed by atoms with Gasteiger partial charge in [0.2, 0.25) is 5.91 Å². The molecule has 0 saturated carbocycles. The molecule has 0 unspecified atom stereocenters. The molecule has 32 heavy (non-hydrogen) atoms. The number of rotatable bonds is 6. The van der Waals surface area contributed by atoms with Crippen molar-refractivity contribution in [2.24, 2.45) is 5.41 Å². The van der Waals surface area contributed by atoms with Crippen LogP contribution in [0.25, 0.3) is 11.1 Å². The zero-order chi connectivity index (χ0) is 22.6. The maximum absolute atomic E-state index is 13.4. The van der Waals surface area contributed by atoms with E-state index in [4.69, 9.17) is 0 Å². The molecule has 7 heteroatoms. The molecule has 0 radical (unpaired) electrons. The molecular formula is C25H28N4O2S. The first-order valence-electron chi connectivity index (χ1n) is 11.0. The number of benzene rings is 1. The van der Waals surface area contributed by atoms with E-state index >= 15 is 0 Å². The fraction of sp³-hybridized carbons (Fsp3) is 0.360. The summed E-state index contributed by atoms with van der Waals surface area (Å²) >= 11 is 1.57. The lowest BCUT2D eigenvalue weighted by molar-refractivity contribution is -0.133. The maximum Gasteiger partial charge on any atom is 0.254 e. The Bertz CT molecular complexity index is 1100. The normalized spacial score (nSPS) is 18.4. The molecule has 4 rings (SSSR count). The van der Waals surface area contributed by atoms with Crippen LogP contribution >= 0.6 is 11.3 Å². The molecule has 1 saturated heterocycles. The van der Waals surface area contributed by atoms with Gasteiger partial charge < -0.3 is 10.2 Å². The number of amides is 2. The van der Waals surface area contributed by atoms with Gasteiger partial charge in [-0.05, 0) is 50.3 Å². The number of piperidine rings is 1. The zero-order valence-electron chi connectivity index (χ0n) is 18.5. The Kier molecular flexibility index (Phi) is 6.65. The average Bonchev–Trinajstić information content (AvgIpc) is 3.26. The van der Waals surface area contributed by atoms with Crippen LogP contribution in [-0.4, -0.2) is 46.3 Å². The topological polar surface area (TPSA) is 75.2 Å². The number of nitrogens with one attached hydrogen (secondary N) is 1. The summed E-state index contributed by atoms with van der Waals surface area (Å²) in [6.07, 6.45) is 7.18. The van der Waals surface area contributed by atoms with Crippen molar-refractivity contribution in [3.8, 4) is 11.1 Å². The molecule has 1 atom stereocenters. The van der Waals surface area contributed by atoms with Crippen LogP contribution in [0.5, 0.6) is 0 Å². The predicted molar refractivity (Wildman–Crippen MR) is 126 cm³/mol. The molecule has 0 bridgehead atoms. The summed E-state index contributed by atoms with van der Waals surface area (Å²) in [7, 11) is 0. The molecule has 3 heterocycles. The monoisotopic (exact) mass is 448 g/mol. The lowest BCUT2D eigenvalue weighted by Gasteiger charge is -2.42. The van der Waals surface area contributed by atoms with Crippen LogP contribution in [-0.2, 0) is 11.2 Å². The lowest BCUT2D eigenvalue weighted by atomic mass is 9.73. The number of carbonyl (C=O) groups is 2. The molecule has 2 amide bonds. The van der Waals surface area contributed by atoms with E-state index in [1.54, 1.807) is 23.7 Å². The van der Waals surface area contributed by atoms with Gasteiger partial charge in [-0.3, -0.25) is 9.59 Å². The van der Waals surface area contributed by atoms with Gasteiger partial charge in [0.25, 0.3) is 5.91 Å². The first kappa shape index (κ1) is 22.1. The van der Waals surface area contributed by atoms with Gasteiger partial charge >= 0.3 is 0 Å². The third kappa shape index (κ3) is 4.58. The van der Waals surface area contributed by atoms with Crippen LogP contribution in [0.4, 0.5) is 0 Å². The Morgan fingerprint density at radius 3 is 2.72 bits per heavy atom. The van der Waals surface area contributed by atoms with E-state index in [-0.39, 0.29) is 11.8 Å². The zero-order valence-corrected chi connectivity index (χ0v) is 19.3. The largest absolute Gasteiger partial charge is 0.356 e. The van der Waals surface area contributed by atoms with Crippen molar-refractivity contribution in [1.82, 2.24) is 20.2 Å². The van der Waals surface area contributed by atoms with Crippen molar-refractivity contribution >= 4 is 23.2 Å². The molecule has 1 aliphatic heterocycles. The third-order valence-corrected chi connectivity index (χ3v) is 6.94. The smallest absolute Gasteiger partial charge is 0.254 e. The summed E-state index contributed by atoms with van der Waals surface area (Å²) < 4.78 is 0. The van der Waals surface area contributed by atoms with E-state index < -0.39 is 5.41 Å². The first-order valence-corrected chi connectivity index (χ1v) is 11.9. The van der Waals surface area contributed by atoms with Crippen molar-refractivity contribution in [1.29, 1.82) is 0 Å². The Balaban J connectivity index is 1.67. The van der Waals surface area contributed by atoms with Gasteiger partial charge in [-0.25, -0.2) is 9.97 Å². The SMILES string of the molecule is CCNC(=O)[C@]1(Cc2ccccc2-c2cncnc2)CCCN(C(=O)c2csc(C)c2)C1. The lowest BCUT2D eigenvalue weighted by Crippen LogP contribution is -2.54. The highest BCUT2D eigenvalue weighted by atomic mass is 32.1. The van der Waals surface area contributed by atoms with Crippen LogP contribution in [0.15, 0.2) is 54.4 Å². The number of hydrogen-bond donors (Lipinski definition) is 1. The molecule has 0 spiro atoms. The van der Waals surface area contributed by atoms with E-state index in [2.05, 4.69) is 21.4 Å². The molecule has 6 nitrogen and oxygen atoms in total. The third-order valence-electron chi connectivity index (χ3n) is 6.08. The Morgan fingerprint density at radius 1 is 1.22 bits per heavy atom. The Morgan fingerprint density at radius 2 is 2.00 bits per heavy atom. The molecule has 1 N–H and O–H groups in total. The molecule has 1 fully saturated rings. The summed E-state index contributed by atoms with van der Waals surface area (Å²) in [6, 6.07) is 10.0. The second-order valence-corrected chi connectivity index (χ2v) is 9.49. The number of nitrogens with zero attached hydrogens (tertiary/aromatic N) is 3. The Labute approximate surface area is 192 Å². The maximum atomic E-state index is 13.4. The van der Waals surface area contributed by atoms with Crippen LogP contribution < -0.4 is 5.32 Å². The Hall–Kier alpha value is -3.06. The van der Waals surface area contributed by atoms with Crippen LogP contribution in [0.3, 0.4) is 0 Å². The number of likely N-dealkylation sites (tertiary alicyclic amines) is 1. The molecule has 1 aliphatic rings.